The number of ether oxygens (including phenoxy) is 1. The number of hydrogen-bond donors (Lipinski definition) is 1. The summed E-state index contributed by atoms with van der Waals surface area (Å²) in [7, 11) is 3.66. The first-order valence-electron chi connectivity index (χ1n) is 5.76. The molecule has 1 heterocycles. The van der Waals surface area contributed by atoms with Crippen molar-refractivity contribution in [2.24, 2.45) is 13.0 Å². The highest BCUT2D eigenvalue weighted by molar-refractivity contribution is 4.83. The average molecular weight is 226 g/mol. The number of nitrogens with zero attached hydrogens (tertiary/aromatic N) is 3. The molecule has 0 aliphatic rings. The maximum atomic E-state index is 4.97. The first-order valence-corrected chi connectivity index (χ1v) is 5.76. The van der Waals surface area contributed by atoms with Crippen LogP contribution in [0.4, 0.5) is 0 Å². The number of aryl methyl sites for hydroxylation is 2. The number of rotatable bonds is 8. The third-order valence-electron chi connectivity index (χ3n) is 2.64. The summed E-state index contributed by atoms with van der Waals surface area (Å²) in [5, 5.41) is 7.42. The van der Waals surface area contributed by atoms with Crippen molar-refractivity contribution in [1.29, 1.82) is 0 Å². The molecule has 1 aromatic heterocycles. The fraction of sp³-hybridized carbons (Fsp3) is 0.818. The highest BCUT2D eigenvalue weighted by atomic mass is 16.5. The van der Waals surface area contributed by atoms with E-state index in [1.54, 1.807) is 13.4 Å². The molecule has 1 unspecified atom stereocenters. The summed E-state index contributed by atoms with van der Waals surface area (Å²) in [4.78, 5) is 4.21. The zero-order valence-corrected chi connectivity index (χ0v) is 10.4. The lowest BCUT2D eigenvalue weighted by Crippen LogP contribution is -2.25. The molecule has 0 saturated carbocycles. The van der Waals surface area contributed by atoms with Crippen LogP contribution < -0.4 is 5.32 Å². The zero-order valence-electron chi connectivity index (χ0n) is 10.4. The van der Waals surface area contributed by atoms with E-state index in [0.717, 1.165) is 38.4 Å². The average Bonchev–Trinajstić information content (AvgIpc) is 2.67. The topological polar surface area (TPSA) is 52.0 Å². The van der Waals surface area contributed by atoms with Gasteiger partial charge in [0.25, 0.3) is 0 Å². The Hall–Kier alpha value is -0.940. The Morgan fingerprint density at radius 2 is 2.38 bits per heavy atom. The normalized spacial score (nSPS) is 12.9. The van der Waals surface area contributed by atoms with E-state index in [-0.39, 0.29) is 0 Å². The molecular formula is C11H22N4O. The van der Waals surface area contributed by atoms with Crippen molar-refractivity contribution in [3.8, 4) is 0 Å². The second-order valence-corrected chi connectivity index (χ2v) is 4.14. The third kappa shape index (κ3) is 4.72. The van der Waals surface area contributed by atoms with Crippen LogP contribution in [0, 0.1) is 5.92 Å². The Balaban J connectivity index is 2.10. The van der Waals surface area contributed by atoms with Gasteiger partial charge in [0.1, 0.15) is 12.2 Å². The predicted octanol–water partition coefficient (Wildman–Crippen LogP) is 0.620. The van der Waals surface area contributed by atoms with Gasteiger partial charge in [-0.3, -0.25) is 4.68 Å². The minimum Gasteiger partial charge on any atom is -0.383 e. The lowest BCUT2D eigenvalue weighted by atomic mass is 10.1. The minimum absolute atomic E-state index is 0.647. The van der Waals surface area contributed by atoms with Gasteiger partial charge in [-0.15, -0.1) is 0 Å². The molecule has 0 bridgehead atoms. The molecule has 0 aliphatic carbocycles. The van der Waals surface area contributed by atoms with Crippen LogP contribution in [0.2, 0.25) is 0 Å². The molecule has 0 saturated heterocycles. The summed E-state index contributed by atoms with van der Waals surface area (Å²) < 4.78 is 6.81. The van der Waals surface area contributed by atoms with Gasteiger partial charge >= 0.3 is 0 Å². The second kappa shape index (κ2) is 7.35. The van der Waals surface area contributed by atoms with Crippen LogP contribution in [0.3, 0.4) is 0 Å². The smallest absolute Gasteiger partial charge is 0.138 e. The maximum absolute atomic E-state index is 4.97. The molecule has 0 aromatic carbocycles. The van der Waals surface area contributed by atoms with Gasteiger partial charge in [0, 0.05) is 27.1 Å². The van der Waals surface area contributed by atoms with E-state index in [0.29, 0.717) is 5.92 Å². The van der Waals surface area contributed by atoms with Crippen molar-refractivity contribution in [2.45, 2.75) is 19.8 Å². The maximum Gasteiger partial charge on any atom is 0.138 e. The quantitative estimate of drug-likeness (QED) is 0.660. The van der Waals surface area contributed by atoms with Crippen LogP contribution in [0.25, 0.3) is 0 Å². The molecule has 0 radical (unpaired) electrons. The van der Waals surface area contributed by atoms with Crippen LogP contribution in [0.15, 0.2) is 6.33 Å². The van der Waals surface area contributed by atoms with E-state index in [1.807, 2.05) is 11.7 Å². The molecule has 1 N–H and O–H groups in total. The molecule has 5 nitrogen and oxygen atoms in total. The molecule has 16 heavy (non-hydrogen) atoms. The van der Waals surface area contributed by atoms with Gasteiger partial charge in [0.15, 0.2) is 0 Å². The molecule has 1 rings (SSSR count). The van der Waals surface area contributed by atoms with E-state index in [2.05, 4.69) is 22.3 Å². The summed E-state index contributed by atoms with van der Waals surface area (Å²) in [6.07, 6.45) is 3.73. The largest absolute Gasteiger partial charge is 0.383 e. The first kappa shape index (κ1) is 13.1. The van der Waals surface area contributed by atoms with Crippen molar-refractivity contribution in [2.75, 3.05) is 26.8 Å². The Kier molecular flexibility index (Phi) is 6.03. The summed E-state index contributed by atoms with van der Waals surface area (Å²) in [5.41, 5.74) is 0. The summed E-state index contributed by atoms with van der Waals surface area (Å²) >= 11 is 0. The Labute approximate surface area is 97.2 Å². The predicted molar refractivity (Wildman–Crippen MR) is 63.2 cm³/mol. The minimum atomic E-state index is 0.647. The number of methoxy groups -OCH3 is 1. The van der Waals surface area contributed by atoms with Crippen molar-refractivity contribution < 1.29 is 4.74 Å². The Bertz CT molecular complexity index is 287. The van der Waals surface area contributed by atoms with E-state index < -0.39 is 0 Å². The van der Waals surface area contributed by atoms with E-state index in [9.17, 15) is 0 Å². The second-order valence-electron chi connectivity index (χ2n) is 4.14. The van der Waals surface area contributed by atoms with Crippen molar-refractivity contribution in [3.05, 3.63) is 12.2 Å². The summed E-state index contributed by atoms with van der Waals surface area (Å²) in [5.74, 6) is 1.71. The molecule has 0 spiro atoms. The molecule has 92 valence electrons. The number of aromatic nitrogens is 3. The molecular weight excluding hydrogens is 204 g/mol. The molecule has 0 aliphatic heterocycles. The molecule has 0 amide bonds. The van der Waals surface area contributed by atoms with Crippen molar-refractivity contribution >= 4 is 0 Å². The highest BCUT2D eigenvalue weighted by Gasteiger charge is 2.05. The number of nitrogens with one attached hydrogen (secondary N) is 1. The van der Waals surface area contributed by atoms with Crippen LogP contribution >= 0.6 is 0 Å². The van der Waals surface area contributed by atoms with Crippen LogP contribution in [0.1, 0.15) is 19.2 Å². The zero-order chi connectivity index (χ0) is 11.8. The highest BCUT2D eigenvalue weighted by Crippen LogP contribution is 2.05. The van der Waals surface area contributed by atoms with Crippen LogP contribution in [-0.4, -0.2) is 41.6 Å². The van der Waals surface area contributed by atoms with E-state index in [4.69, 9.17) is 4.74 Å². The fourth-order valence-corrected chi connectivity index (χ4v) is 1.55. The van der Waals surface area contributed by atoms with Gasteiger partial charge in [0.05, 0.1) is 6.61 Å². The lowest BCUT2D eigenvalue weighted by Gasteiger charge is -2.11. The lowest BCUT2D eigenvalue weighted by molar-refractivity contribution is 0.198. The summed E-state index contributed by atoms with van der Waals surface area (Å²) in [6.45, 7) is 4.97. The summed E-state index contributed by atoms with van der Waals surface area (Å²) in [6, 6.07) is 0. The van der Waals surface area contributed by atoms with Gasteiger partial charge in [-0.2, -0.15) is 5.10 Å². The van der Waals surface area contributed by atoms with E-state index >= 15 is 0 Å². The first-order chi connectivity index (χ1) is 7.74. The molecule has 1 aromatic rings. The molecule has 1 atom stereocenters. The standard InChI is InChI=1S/C11H22N4O/c1-10(8-12-6-7-16-3)4-5-11-13-9-14-15(11)2/h9-10,12H,4-8H2,1-3H3. The van der Waals surface area contributed by atoms with Crippen molar-refractivity contribution in [1.82, 2.24) is 20.1 Å². The van der Waals surface area contributed by atoms with Gasteiger partial charge in [-0.05, 0) is 18.9 Å². The molecule has 0 fully saturated rings. The Morgan fingerprint density at radius 3 is 3.00 bits per heavy atom. The van der Waals surface area contributed by atoms with Crippen LogP contribution in [-0.2, 0) is 18.2 Å². The van der Waals surface area contributed by atoms with Gasteiger partial charge < -0.3 is 10.1 Å². The van der Waals surface area contributed by atoms with Gasteiger partial charge in [-0.1, -0.05) is 6.92 Å². The van der Waals surface area contributed by atoms with Gasteiger partial charge in [-0.25, -0.2) is 4.98 Å². The third-order valence-corrected chi connectivity index (χ3v) is 2.64. The fourth-order valence-electron chi connectivity index (χ4n) is 1.55. The van der Waals surface area contributed by atoms with Crippen LogP contribution in [0.5, 0.6) is 0 Å². The van der Waals surface area contributed by atoms with Crippen molar-refractivity contribution in [3.63, 3.8) is 0 Å². The monoisotopic (exact) mass is 226 g/mol. The number of hydrogen-bond acceptors (Lipinski definition) is 4. The Morgan fingerprint density at radius 1 is 1.56 bits per heavy atom. The van der Waals surface area contributed by atoms with E-state index in [1.165, 1.54) is 0 Å². The SMILES string of the molecule is COCCNCC(C)CCc1ncnn1C. The van der Waals surface area contributed by atoms with Gasteiger partial charge in [0.2, 0.25) is 0 Å². The molecule has 5 heteroatoms.